The molecule has 0 radical (unpaired) electrons. The van der Waals surface area contributed by atoms with Crippen LogP contribution in [0.25, 0.3) is 11.3 Å². The Morgan fingerprint density at radius 3 is 2.76 bits per heavy atom. The Hall–Kier alpha value is -3.59. The van der Waals surface area contributed by atoms with Crippen LogP contribution in [0.4, 0.5) is 16.2 Å². The number of hydrogen-bond acceptors (Lipinski definition) is 7. The Balaban J connectivity index is 1.57. The first-order valence-electron chi connectivity index (χ1n) is 10.9. The molecule has 170 valence electrons. The molecule has 0 aliphatic carbocycles. The number of carbonyl (C=O) groups is 1. The third-order valence-corrected chi connectivity index (χ3v) is 6.21. The van der Waals surface area contributed by atoms with Crippen LogP contribution in [0, 0.1) is 19.7 Å². The van der Waals surface area contributed by atoms with E-state index in [1.54, 1.807) is 23.1 Å². The number of fused-ring (bicyclic) bond motifs is 1. The third kappa shape index (κ3) is 3.58. The van der Waals surface area contributed by atoms with Crippen molar-refractivity contribution < 1.29 is 13.9 Å². The van der Waals surface area contributed by atoms with Crippen molar-refractivity contribution in [2.45, 2.75) is 32.9 Å². The third-order valence-electron chi connectivity index (χ3n) is 6.21. The van der Waals surface area contributed by atoms with Crippen LogP contribution in [0.15, 0.2) is 30.5 Å². The quantitative estimate of drug-likeness (QED) is 0.655. The fourth-order valence-electron chi connectivity index (χ4n) is 4.56. The lowest BCUT2D eigenvalue weighted by atomic mass is 9.99. The molecule has 1 aromatic carbocycles. The Bertz CT molecular complexity index is 1260. The molecule has 1 amide bonds. The van der Waals surface area contributed by atoms with Gasteiger partial charge in [0.15, 0.2) is 0 Å². The van der Waals surface area contributed by atoms with E-state index in [-0.39, 0.29) is 24.1 Å². The summed E-state index contributed by atoms with van der Waals surface area (Å²) >= 11 is 0. The van der Waals surface area contributed by atoms with E-state index in [1.807, 2.05) is 18.7 Å². The van der Waals surface area contributed by atoms with Gasteiger partial charge >= 0.3 is 0 Å². The van der Waals surface area contributed by atoms with Crippen molar-refractivity contribution in [2.75, 3.05) is 30.0 Å². The van der Waals surface area contributed by atoms with Gasteiger partial charge in [-0.1, -0.05) is 6.07 Å². The van der Waals surface area contributed by atoms with Gasteiger partial charge in [0, 0.05) is 48.2 Å². The molecule has 4 heterocycles. The highest BCUT2D eigenvalue weighted by Gasteiger charge is 2.34. The monoisotopic (exact) mass is 448 g/mol. The minimum absolute atomic E-state index is 0.0862. The van der Waals surface area contributed by atoms with Crippen LogP contribution >= 0.6 is 0 Å². The summed E-state index contributed by atoms with van der Waals surface area (Å²) in [6.07, 6.45) is 2.40. The van der Waals surface area contributed by atoms with Crippen molar-refractivity contribution in [1.29, 1.82) is 0 Å². The summed E-state index contributed by atoms with van der Waals surface area (Å²) < 4.78 is 20.4. The highest BCUT2D eigenvalue weighted by Crippen LogP contribution is 2.40. The molecule has 5 rings (SSSR count). The van der Waals surface area contributed by atoms with E-state index in [2.05, 4.69) is 15.0 Å². The lowest BCUT2D eigenvalue weighted by Crippen LogP contribution is -2.29. The van der Waals surface area contributed by atoms with Gasteiger partial charge in [-0.3, -0.25) is 14.7 Å². The molecule has 2 aliphatic heterocycles. The number of nitrogens with zero attached hydrogens (tertiary/aromatic N) is 5. The van der Waals surface area contributed by atoms with E-state index in [0.29, 0.717) is 40.9 Å². The van der Waals surface area contributed by atoms with Gasteiger partial charge in [-0.05, 0) is 38.0 Å². The van der Waals surface area contributed by atoms with Gasteiger partial charge < -0.3 is 15.4 Å². The maximum Gasteiger partial charge on any atom is 0.260 e. The van der Waals surface area contributed by atoms with Gasteiger partial charge in [0.25, 0.3) is 5.91 Å². The van der Waals surface area contributed by atoms with Crippen molar-refractivity contribution >= 4 is 17.7 Å². The summed E-state index contributed by atoms with van der Waals surface area (Å²) in [6.45, 7) is 5.40. The zero-order chi connectivity index (χ0) is 23.3. The zero-order valence-electron chi connectivity index (χ0n) is 18.8. The van der Waals surface area contributed by atoms with Gasteiger partial charge in [-0.2, -0.15) is 4.98 Å². The number of pyridine rings is 1. The van der Waals surface area contributed by atoms with Crippen molar-refractivity contribution in [1.82, 2.24) is 15.0 Å². The van der Waals surface area contributed by atoms with Gasteiger partial charge in [0.1, 0.15) is 17.4 Å². The van der Waals surface area contributed by atoms with Crippen molar-refractivity contribution in [3.05, 3.63) is 58.7 Å². The number of ether oxygens (including phenoxy) is 1. The van der Waals surface area contributed by atoms with E-state index in [0.717, 1.165) is 24.2 Å². The van der Waals surface area contributed by atoms with E-state index in [9.17, 15) is 9.18 Å². The molecule has 2 aromatic heterocycles. The predicted molar refractivity (Wildman–Crippen MR) is 123 cm³/mol. The molecule has 9 heteroatoms. The van der Waals surface area contributed by atoms with E-state index >= 15 is 0 Å². The minimum atomic E-state index is -0.449. The van der Waals surface area contributed by atoms with Crippen LogP contribution in [0.1, 0.15) is 33.6 Å². The summed E-state index contributed by atoms with van der Waals surface area (Å²) in [7, 11) is 1.50. The van der Waals surface area contributed by atoms with Gasteiger partial charge in [0.05, 0.1) is 24.9 Å². The molecular weight excluding hydrogens is 423 g/mol. The molecule has 33 heavy (non-hydrogen) atoms. The fourth-order valence-corrected chi connectivity index (χ4v) is 4.56. The highest BCUT2D eigenvalue weighted by atomic mass is 19.1. The van der Waals surface area contributed by atoms with Gasteiger partial charge in [-0.15, -0.1) is 0 Å². The molecule has 0 bridgehead atoms. The zero-order valence-corrected chi connectivity index (χ0v) is 18.8. The summed E-state index contributed by atoms with van der Waals surface area (Å²) in [5.41, 5.74) is 9.37. The molecule has 2 N–H and O–H groups in total. The van der Waals surface area contributed by atoms with Crippen LogP contribution in [-0.4, -0.2) is 47.1 Å². The number of anilines is 2. The van der Waals surface area contributed by atoms with Crippen molar-refractivity contribution in [3.63, 3.8) is 0 Å². The Kier molecular flexibility index (Phi) is 5.20. The molecule has 3 aromatic rings. The first-order valence-corrected chi connectivity index (χ1v) is 10.9. The Morgan fingerprint density at radius 2 is 2.03 bits per heavy atom. The number of benzene rings is 1. The standard InChI is InChI=1S/C24H25FN6O2/c1-13-4-5-18(25)20(22(13)33-3)21-17-12-31(23(32)16(17)6-8-27-21)19-10-14(2)28-24(29-19)30-9-7-15(26)11-30/h4-6,8,10,15H,7,9,11-12,26H2,1-3H3. The molecule has 1 unspecified atom stereocenters. The second kappa shape index (κ2) is 8.08. The van der Waals surface area contributed by atoms with E-state index in [4.69, 9.17) is 10.5 Å². The molecule has 1 saturated heterocycles. The lowest BCUT2D eigenvalue weighted by Gasteiger charge is -2.20. The van der Waals surface area contributed by atoms with Crippen LogP contribution < -0.4 is 20.3 Å². The van der Waals surface area contributed by atoms with Crippen molar-refractivity contribution in [2.24, 2.45) is 5.73 Å². The fraction of sp³-hybridized carbons (Fsp3) is 0.333. The number of hydrogen-bond donors (Lipinski definition) is 1. The first kappa shape index (κ1) is 21.3. The van der Waals surface area contributed by atoms with Crippen LogP contribution in [0.2, 0.25) is 0 Å². The SMILES string of the molecule is COc1c(C)ccc(F)c1-c1nccc2c1CN(c1cc(C)nc(N3CCC(N)C3)n1)C2=O. The number of carbonyl (C=O) groups excluding carboxylic acids is 1. The van der Waals surface area contributed by atoms with E-state index in [1.165, 1.54) is 19.4 Å². The maximum absolute atomic E-state index is 14.9. The Morgan fingerprint density at radius 1 is 1.21 bits per heavy atom. The average molecular weight is 449 g/mol. The lowest BCUT2D eigenvalue weighted by molar-refractivity contribution is 0.0996. The minimum Gasteiger partial charge on any atom is -0.496 e. The summed E-state index contributed by atoms with van der Waals surface area (Å²) in [4.78, 5) is 30.7. The largest absolute Gasteiger partial charge is 0.496 e. The molecule has 8 nitrogen and oxygen atoms in total. The predicted octanol–water partition coefficient (Wildman–Crippen LogP) is 3.00. The van der Waals surface area contributed by atoms with Gasteiger partial charge in [0.2, 0.25) is 5.95 Å². The van der Waals surface area contributed by atoms with Gasteiger partial charge in [-0.25, -0.2) is 9.37 Å². The highest BCUT2D eigenvalue weighted by molar-refractivity contribution is 6.10. The smallest absolute Gasteiger partial charge is 0.260 e. The molecule has 0 saturated carbocycles. The summed E-state index contributed by atoms with van der Waals surface area (Å²) in [5, 5.41) is 0. The second-order valence-corrected chi connectivity index (χ2v) is 8.51. The van der Waals surface area contributed by atoms with Crippen molar-refractivity contribution in [3.8, 4) is 17.0 Å². The number of halogens is 1. The first-order chi connectivity index (χ1) is 15.9. The van der Waals surface area contributed by atoms with Crippen LogP contribution in [0.5, 0.6) is 5.75 Å². The average Bonchev–Trinajstić information content (AvgIpc) is 3.38. The molecule has 2 aliphatic rings. The number of nitrogens with two attached hydrogens (primary N) is 1. The number of methoxy groups -OCH3 is 1. The maximum atomic E-state index is 14.9. The Labute approximate surface area is 191 Å². The van der Waals surface area contributed by atoms with Crippen LogP contribution in [0.3, 0.4) is 0 Å². The normalized spacial score (nSPS) is 17.6. The molecule has 0 spiro atoms. The van der Waals surface area contributed by atoms with Crippen LogP contribution in [-0.2, 0) is 6.54 Å². The number of aryl methyl sites for hydroxylation is 2. The number of amides is 1. The second-order valence-electron chi connectivity index (χ2n) is 8.51. The summed E-state index contributed by atoms with van der Waals surface area (Å²) in [5.74, 6) is 0.818. The molecule has 1 atom stereocenters. The molecule has 1 fully saturated rings. The number of rotatable bonds is 4. The van der Waals surface area contributed by atoms with E-state index < -0.39 is 5.82 Å². The number of aromatic nitrogens is 3. The summed E-state index contributed by atoms with van der Waals surface area (Å²) in [6, 6.07) is 6.58. The molecular formula is C24H25FN6O2. The topological polar surface area (TPSA) is 97.5 Å².